The predicted molar refractivity (Wildman–Crippen MR) is 95.2 cm³/mol. The van der Waals surface area contributed by atoms with Crippen LogP contribution < -0.4 is 4.74 Å². The van der Waals surface area contributed by atoms with Gasteiger partial charge in [0.15, 0.2) is 0 Å². The molecular formula is C19H23N3O4. The van der Waals surface area contributed by atoms with E-state index in [1.807, 2.05) is 12.1 Å². The molecule has 0 unspecified atom stereocenters. The summed E-state index contributed by atoms with van der Waals surface area (Å²) in [6.45, 7) is 6.14. The number of aryl methyl sites for hydroxylation is 3. The molecule has 0 radical (unpaired) electrons. The van der Waals surface area contributed by atoms with Crippen LogP contribution in [0.15, 0.2) is 27.2 Å². The van der Waals surface area contributed by atoms with E-state index in [9.17, 15) is 5.11 Å². The summed E-state index contributed by atoms with van der Waals surface area (Å²) in [4.78, 5) is 4.14. The van der Waals surface area contributed by atoms with Crippen molar-refractivity contribution in [3.05, 3.63) is 41.1 Å². The first kappa shape index (κ1) is 18.0. The Bertz CT molecular complexity index is 870. The van der Waals surface area contributed by atoms with Crippen molar-refractivity contribution < 1.29 is 18.9 Å². The van der Waals surface area contributed by atoms with Crippen LogP contribution in [0.25, 0.3) is 11.4 Å². The highest BCUT2D eigenvalue weighted by Gasteiger charge is 2.15. The Labute approximate surface area is 152 Å². The van der Waals surface area contributed by atoms with Gasteiger partial charge in [-0.25, -0.2) is 0 Å². The first-order valence-corrected chi connectivity index (χ1v) is 8.79. The molecule has 0 aliphatic rings. The summed E-state index contributed by atoms with van der Waals surface area (Å²) in [5.74, 6) is 2.42. The molecule has 0 saturated heterocycles. The molecule has 1 aromatic carbocycles. The minimum atomic E-state index is 0.0998. The summed E-state index contributed by atoms with van der Waals surface area (Å²) in [7, 11) is 0. The minimum absolute atomic E-state index is 0.0998. The smallest absolute Gasteiger partial charge is 0.223 e. The molecule has 1 N–H and O–H groups in total. The number of nitrogens with zero attached hydrogens (tertiary/aromatic N) is 3. The largest absolute Gasteiger partial charge is 0.507 e. The second-order valence-corrected chi connectivity index (χ2v) is 6.21. The Balaban J connectivity index is 1.57. The third-order valence-electron chi connectivity index (χ3n) is 4.09. The Morgan fingerprint density at radius 2 is 1.96 bits per heavy atom. The predicted octanol–water partition coefficient (Wildman–Crippen LogP) is 4.01. The van der Waals surface area contributed by atoms with Gasteiger partial charge >= 0.3 is 0 Å². The van der Waals surface area contributed by atoms with Crippen LogP contribution in [0.3, 0.4) is 0 Å². The summed E-state index contributed by atoms with van der Waals surface area (Å²) in [5.41, 5.74) is 2.17. The van der Waals surface area contributed by atoms with E-state index in [1.165, 1.54) is 0 Å². The quantitative estimate of drug-likeness (QED) is 0.609. The minimum Gasteiger partial charge on any atom is -0.507 e. The summed E-state index contributed by atoms with van der Waals surface area (Å²) in [6.07, 6.45) is 3.55. The van der Waals surface area contributed by atoms with Gasteiger partial charge < -0.3 is 18.9 Å². The normalized spacial score (nSPS) is 11.0. The van der Waals surface area contributed by atoms with Crippen LogP contribution in [0.4, 0.5) is 0 Å². The molecule has 138 valence electrons. The van der Waals surface area contributed by atoms with E-state index in [1.54, 1.807) is 19.9 Å². The number of hydrogen-bond donors (Lipinski definition) is 1. The highest BCUT2D eigenvalue weighted by molar-refractivity contribution is 5.68. The van der Waals surface area contributed by atoms with Gasteiger partial charge in [-0.1, -0.05) is 23.7 Å². The number of ether oxygens (including phenoxy) is 1. The molecule has 7 heteroatoms. The maximum absolute atomic E-state index is 10.4. The standard InChI is InChI=1S/C19H23N3O4/c1-4-6-14-11-15(26-21-14)7-5-10-24-17-9-8-16(18(23)12(17)2)19-20-13(3)25-22-19/h8-9,11,23H,4-7,10H2,1-3H3. The molecule has 26 heavy (non-hydrogen) atoms. The molecule has 0 aliphatic carbocycles. The number of hydrogen-bond acceptors (Lipinski definition) is 7. The van der Waals surface area contributed by atoms with Crippen LogP contribution in [-0.2, 0) is 12.8 Å². The fourth-order valence-corrected chi connectivity index (χ4v) is 2.70. The van der Waals surface area contributed by atoms with E-state index >= 15 is 0 Å². The average molecular weight is 357 g/mol. The SMILES string of the molecule is CCCc1cc(CCCOc2ccc(-c3noc(C)n3)c(O)c2C)on1. The Morgan fingerprint density at radius 1 is 1.12 bits per heavy atom. The number of phenols is 1. The van der Waals surface area contributed by atoms with Gasteiger partial charge in [-0.3, -0.25) is 0 Å². The van der Waals surface area contributed by atoms with Gasteiger partial charge in [0.05, 0.1) is 17.9 Å². The molecule has 3 rings (SSSR count). The maximum atomic E-state index is 10.4. The Kier molecular flexibility index (Phi) is 5.55. The van der Waals surface area contributed by atoms with Gasteiger partial charge in [0, 0.05) is 25.0 Å². The van der Waals surface area contributed by atoms with Crippen LogP contribution in [0, 0.1) is 13.8 Å². The molecule has 0 bridgehead atoms. The van der Waals surface area contributed by atoms with Gasteiger partial charge in [0.2, 0.25) is 11.7 Å². The van der Waals surface area contributed by atoms with Crippen LogP contribution in [0.1, 0.15) is 42.7 Å². The molecule has 0 spiro atoms. The van der Waals surface area contributed by atoms with E-state index in [-0.39, 0.29) is 5.75 Å². The number of aromatic nitrogens is 3. The topological polar surface area (TPSA) is 94.4 Å². The van der Waals surface area contributed by atoms with Crippen molar-refractivity contribution in [3.63, 3.8) is 0 Å². The Hall–Kier alpha value is -2.83. The lowest BCUT2D eigenvalue weighted by atomic mass is 10.1. The van der Waals surface area contributed by atoms with Crippen molar-refractivity contribution in [2.75, 3.05) is 6.61 Å². The van der Waals surface area contributed by atoms with E-state index in [0.29, 0.717) is 35.2 Å². The van der Waals surface area contributed by atoms with Crippen LogP contribution in [0.5, 0.6) is 11.5 Å². The second kappa shape index (κ2) is 8.03. The van der Waals surface area contributed by atoms with Crippen LogP contribution in [0.2, 0.25) is 0 Å². The number of phenolic OH excluding ortho intramolecular Hbond substituents is 1. The summed E-state index contributed by atoms with van der Waals surface area (Å²) in [6, 6.07) is 5.54. The van der Waals surface area contributed by atoms with Gasteiger partial charge in [-0.2, -0.15) is 4.98 Å². The molecule has 0 fully saturated rings. The summed E-state index contributed by atoms with van der Waals surface area (Å²) >= 11 is 0. The zero-order valence-corrected chi connectivity index (χ0v) is 15.3. The lowest BCUT2D eigenvalue weighted by Gasteiger charge is -2.11. The van der Waals surface area contributed by atoms with Gasteiger partial charge in [0.1, 0.15) is 17.3 Å². The van der Waals surface area contributed by atoms with Crippen LogP contribution in [-0.4, -0.2) is 27.0 Å². The molecular weight excluding hydrogens is 334 g/mol. The van der Waals surface area contributed by atoms with E-state index in [2.05, 4.69) is 22.2 Å². The third kappa shape index (κ3) is 4.04. The van der Waals surface area contributed by atoms with Crippen molar-refractivity contribution in [3.8, 4) is 22.9 Å². The van der Waals surface area contributed by atoms with Gasteiger partial charge in [-0.15, -0.1) is 0 Å². The van der Waals surface area contributed by atoms with Crippen molar-refractivity contribution in [2.24, 2.45) is 0 Å². The molecule has 2 aromatic heterocycles. The molecule has 0 aliphatic heterocycles. The average Bonchev–Trinajstić information content (AvgIpc) is 3.25. The number of aromatic hydroxyl groups is 1. The maximum Gasteiger partial charge on any atom is 0.223 e. The van der Waals surface area contributed by atoms with Crippen LogP contribution >= 0.6 is 0 Å². The first-order chi connectivity index (χ1) is 12.6. The fourth-order valence-electron chi connectivity index (χ4n) is 2.70. The van der Waals surface area contributed by atoms with Gasteiger partial charge in [-0.05, 0) is 31.9 Å². The molecule has 3 aromatic rings. The zero-order chi connectivity index (χ0) is 18.5. The Morgan fingerprint density at radius 3 is 2.69 bits per heavy atom. The van der Waals surface area contributed by atoms with Gasteiger partial charge in [0.25, 0.3) is 0 Å². The molecule has 0 saturated carbocycles. The monoisotopic (exact) mass is 357 g/mol. The van der Waals surface area contributed by atoms with Crippen molar-refractivity contribution >= 4 is 0 Å². The lowest BCUT2D eigenvalue weighted by Crippen LogP contribution is -2.01. The van der Waals surface area contributed by atoms with Crippen molar-refractivity contribution in [1.82, 2.24) is 15.3 Å². The van der Waals surface area contributed by atoms with E-state index in [4.69, 9.17) is 13.8 Å². The van der Waals surface area contributed by atoms with Crippen molar-refractivity contribution in [1.29, 1.82) is 0 Å². The number of rotatable bonds is 8. The fraction of sp³-hybridized carbons (Fsp3) is 0.421. The highest BCUT2D eigenvalue weighted by atomic mass is 16.5. The molecule has 0 atom stereocenters. The summed E-state index contributed by atoms with van der Waals surface area (Å²) in [5, 5.41) is 18.3. The third-order valence-corrected chi connectivity index (χ3v) is 4.09. The zero-order valence-electron chi connectivity index (χ0n) is 15.3. The highest BCUT2D eigenvalue weighted by Crippen LogP contribution is 2.35. The van der Waals surface area contributed by atoms with Crippen molar-refractivity contribution in [2.45, 2.75) is 46.5 Å². The summed E-state index contributed by atoms with van der Waals surface area (Å²) < 4.78 is 16.1. The second-order valence-electron chi connectivity index (χ2n) is 6.21. The molecule has 0 amide bonds. The molecule has 7 nitrogen and oxygen atoms in total. The first-order valence-electron chi connectivity index (χ1n) is 8.79. The molecule has 2 heterocycles. The van der Waals surface area contributed by atoms with E-state index in [0.717, 1.165) is 37.1 Å². The lowest BCUT2D eigenvalue weighted by molar-refractivity contribution is 0.296. The number of benzene rings is 1. The van der Waals surface area contributed by atoms with E-state index < -0.39 is 0 Å².